The van der Waals surface area contributed by atoms with E-state index in [2.05, 4.69) is 15.9 Å². The quantitative estimate of drug-likeness (QED) is 0.839. The Morgan fingerprint density at radius 1 is 1.16 bits per heavy atom. The zero-order valence-electron chi connectivity index (χ0n) is 12.3. The molecule has 1 saturated heterocycles. The van der Waals surface area contributed by atoms with E-state index < -0.39 is 5.60 Å². The topological polar surface area (TPSA) is 50.5 Å². The molecule has 2 fully saturated rings. The van der Waals surface area contributed by atoms with E-state index >= 15 is 0 Å². The van der Waals surface area contributed by atoms with Crippen LogP contribution in [0.15, 0.2) is 0 Å². The lowest BCUT2D eigenvalue weighted by Crippen LogP contribution is -2.54. The molecule has 4 nitrogen and oxygen atoms in total. The lowest BCUT2D eigenvalue weighted by Gasteiger charge is -2.43. The number of aliphatic hydroxyl groups is 1. The van der Waals surface area contributed by atoms with Crippen LogP contribution in [0.1, 0.15) is 39.5 Å². The van der Waals surface area contributed by atoms with Crippen LogP contribution in [0.2, 0.25) is 0 Å². The van der Waals surface area contributed by atoms with Gasteiger partial charge in [-0.1, -0.05) is 12.8 Å². The average molecular weight is 265 g/mol. The third kappa shape index (κ3) is 4.17. The van der Waals surface area contributed by atoms with Gasteiger partial charge >= 0.3 is 0 Å². The van der Waals surface area contributed by atoms with Gasteiger partial charge in [-0.2, -0.15) is 5.26 Å². The molecule has 0 aromatic carbocycles. The van der Waals surface area contributed by atoms with Gasteiger partial charge in [-0.15, -0.1) is 0 Å². The van der Waals surface area contributed by atoms with Crippen molar-refractivity contribution in [2.45, 2.75) is 51.2 Å². The van der Waals surface area contributed by atoms with E-state index in [4.69, 9.17) is 0 Å². The second-order valence-corrected chi connectivity index (χ2v) is 6.71. The number of hydrogen-bond donors (Lipinski definition) is 1. The summed E-state index contributed by atoms with van der Waals surface area (Å²) in [6.45, 7) is 8.58. The largest absolute Gasteiger partial charge is 0.389 e. The van der Waals surface area contributed by atoms with E-state index in [0.717, 1.165) is 39.1 Å². The molecule has 4 heteroatoms. The summed E-state index contributed by atoms with van der Waals surface area (Å²) in [6.07, 6.45) is 4.74. The van der Waals surface area contributed by atoms with Crippen molar-refractivity contribution in [2.75, 3.05) is 32.7 Å². The molecule has 108 valence electrons. The third-order valence-corrected chi connectivity index (χ3v) is 4.38. The molecule has 0 aromatic rings. The molecule has 1 aliphatic heterocycles. The molecular weight excluding hydrogens is 238 g/mol. The van der Waals surface area contributed by atoms with Gasteiger partial charge in [0.15, 0.2) is 0 Å². The predicted molar refractivity (Wildman–Crippen MR) is 75.7 cm³/mol. The highest BCUT2D eigenvalue weighted by Gasteiger charge is 2.32. The Morgan fingerprint density at radius 3 is 2.37 bits per heavy atom. The van der Waals surface area contributed by atoms with Gasteiger partial charge in [0.2, 0.25) is 0 Å². The Hall–Kier alpha value is -0.630. The van der Waals surface area contributed by atoms with Crippen molar-refractivity contribution < 1.29 is 5.11 Å². The smallest absolute Gasteiger partial charge is 0.0718 e. The van der Waals surface area contributed by atoms with E-state index in [1.165, 1.54) is 19.3 Å². The van der Waals surface area contributed by atoms with Crippen molar-refractivity contribution in [3.8, 4) is 6.07 Å². The molecule has 2 rings (SSSR count). The van der Waals surface area contributed by atoms with Gasteiger partial charge in [0.05, 0.1) is 17.6 Å². The maximum absolute atomic E-state index is 9.87. The van der Waals surface area contributed by atoms with Gasteiger partial charge < -0.3 is 5.11 Å². The fraction of sp³-hybridized carbons (Fsp3) is 0.933. The lowest BCUT2D eigenvalue weighted by atomic mass is 9.84. The Balaban J connectivity index is 1.84. The number of nitrogens with zero attached hydrogens (tertiary/aromatic N) is 3. The van der Waals surface area contributed by atoms with E-state index in [0.29, 0.717) is 6.04 Å². The van der Waals surface area contributed by atoms with Crippen molar-refractivity contribution in [1.82, 2.24) is 9.80 Å². The number of hydrogen-bond acceptors (Lipinski definition) is 4. The van der Waals surface area contributed by atoms with E-state index in [1.807, 2.05) is 13.8 Å². The Kier molecular flexibility index (Phi) is 4.83. The highest BCUT2D eigenvalue weighted by Crippen LogP contribution is 2.28. The first-order chi connectivity index (χ1) is 8.99. The molecule has 2 atom stereocenters. The molecule has 0 bridgehead atoms. The standard InChI is InChI=1S/C15H27N3O/c1-15(2,19)12-17-7-9-18(10-8-17)14-6-4-3-5-13(14)11-16/h13-14,19H,3-10,12H2,1-2H3. The molecule has 1 heterocycles. The van der Waals surface area contributed by atoms with Gasteiger partial charge in [-0.05, 0) is 26.7 Å². The lowest BCUT2D eigenvalue weighted by molar-refractivity contribution is 0.00363. The number of piperazine rings is 1. The molecule has 2 aliphatic rings. The fourth-order valence-corrected chi connectivity index (χ4v) is 3.50. The van der Waals surface area contributed by atoms with Gasteiger partial charge in [-0.3, -0.25) is 9.80 Å². The fourth-order valence-electron chi connectivity index (χ4n) is 3.50. The van der Waals surface area contributed by atoms with Gasteiger partial charge in [-0.25, -0.2) is 0 Å². The van der Waals surface area contributed by atoms with Crippen LogP contribution < -0.4 is 0 Å². The second-order valence-electron chi connectivity index (χ2n) is 6.71. The number of β-amino-alcohol motifs (C(OH)–C–C–N with tert-alkyl or cyclic N) is 1. The second kappa shape index (κ2) is 6.21. The molecular formula is C15H27N3O. The maximum Gasteiger partial charge on any atom is 0.0718 e. The first-order valence-electron chi connectivity index (χ1n) is 7.58. The normalized spacial score (nSPS) is 31.1. The van der Waals surface area contributed by atoms with Crippen LogP contribution in [0.5, 0.6) is 0 Å². The minimum atomic E-state index is -0.609. The molecule has 0 radical (unpaired) electrons. The summed E-state index contributed by atoms with van der Waals surface area (Å²) in [6, 6.07) is 2.98. The Labute approximate surface area is 117 Å². The van der Waals surface area contributed by atoms with Crippen LogP contribution in [-0.4, -0.2) is 59.3 Å². The summed E-state index contributed by atoms with van der Waals surface area (Å²) in [5.41, 5.74) is -0.609. The van der Waals surface area contributed by atoms with Crippen LogP contribution in [0.25, 0.3) is 0 Å². The zero-order chi connectivity index (χ0) is 13.9. The van der Waals surface area contributed by atoms with Crippen LogP contribution >= 0.6 is 0 Å². The molecule has 2 unspecified atom stereocenters. The highest BCUT2D eigenvalue weighted by atomic mass is 16.3. The first kappa shape index (κ1) is 14.8. The molecule has 1 N–H and O–H groups in total. The summed E-state index contributed by atoms with van der Waals surface area (Å²) in [4.78, 5) is 4.84. The van der Waals surface area contributed by atoms with Crippen molar-refractivity contribution in [2.24, 2.45) is 5.92 Å². The van der Waals surface area contributed by atoms with Crippen LogP contribution in [0, 0.1) is 17.2 Å². The van der Waals surface area contributed by atoms with Crippen LogP contribution in [-0.2, 0) is 0 Å². The van der Waals surface area contributed by atoms with E-state index in [9.17, 15) is 10.4 Å². The van der Waals surface area contributed by atoms with E-state index in [1.54, 1.807) is 0 Å². The maximum atomic E-state index is 9.87. The van der Waals surface area contributed by atoms with E-state index in [-0.39, 0.29) is 5.92 Å². The summed E-state index contributed by atoms with van der Waals surface area (Å²) >= 11 is 0. The van der Waals surface area contributed by atoms with Crippen molar-refractivity contribution in [3.05, 3.63) is 0 Å². The van der Waals surface area contributed by atoms with Crippen molar-refractivity contribution in [1.29, 1.82) is 5.26 Å². The van der Waals surface area contributed by atoms with Gasteiger partial charge in [0.1, 0.15) is 0 Å². The monoisotopic (exact) mass is 265 g/mol. The summed E-state index contributed by atoms with van der Waals surface area (Å²) < 4.78 is 0. The summed E-state index contributed by atoms with van der Waals surface area (Å²) in [5.74, 6) is 0.231. The highest BCUT2D eigenvalue weighted by molar-refractivity contribution is 4.96. The molecule has 0 spiro atoms. The SMILES string of the molecule is CC(C)(O)CN1CCN(C2CCCCC2C#N)CC1. The summed E-state index contributed by atoms with van der Waals surface area (Å²) in [7, 11) is 0. The Bertz CT molecular complexity index is 323. The van der Waals surface area contributed by atoms with Crippen molar-refractivity contribution in [3.63, 3.8) is 0 Å². The number of nitriles is 1. The van der Waals surface area contributed by atoms with Gasteiger partial charge in [0.25, 0.3) is 0 Å². The van der Waals surface area contributed by atoms with Crippen LogP contribution in [0.3, 0.4) is 0 Å². The molecule has 19 heavy (non-hydrogen) atoms. The van der Waals surface area contributed by atoms with Gasteiger partial charge in [0, 0.05) is 38.8 Å². The molecule has 1 saturated carbocycles. The third-order valence-electron chi connectivity index (χ3n) is 4.38. The summed E-state index contributed by atoms with van der Waals surface area (Å²) in [5, 5.41) is 19.1. The Morgan fingerprint density at radius 2 is 1.79 bits per heavy atom. The molecule has 0 aromatic heterocycles. The van der Waals surface area contributed by atoms with Crippen LogP contribution in [0.4, 0.5) is 0 Å². The zero-order valence-corrected chi connectivity index (χ0v) is 12.3. The molecule has 0 amide bonds. The average Bonchev–Trinajstić information content (AvgIpc) is 2.38. The first-order valence-corrected chi connectivity index (χ1v) is 7.58. The minimum absolute atomic E-state index is 0.231. The van der Waals surface area contributed by atoms with Crippen molar-refractivity contribution >= 4 is 0 Å². The molecule has 1 aliphatic carbocycles. The number of rotatable bonds is 3. The minimum Gasteiger partial charge on any atom is -0.389 e. The predicted octanol–water partition coefficient (Wildman–Crippen LogP) is 1.46.